The molecule has 0 atom stereocenters. The number of aromatic nitrogens is 2. The first-order valence-corrected chi connectivity index (χ1v) is 13.0. The summed E-state index contributed by atoms with van der Waals surface area (Å²) >= 11 is 5.89. The molecule has 39 heavy (non-hydrogen) atoms. The molecule has 2 aromatic carbocycles. The number of hydrogen-bond donors (Lipinski definition) is 3. The minimum absolute atomic E-state index is 0.0335. The number of pyridine rings is 1. The number of nitrogens with zero attached hydrogens (tertiary/aromatic N) is 2. The van der Waals surface area contributed by atoms with E-state index in [9.17, 15) is 31.2 Å². The third-order valence-corrected chi connectivity index (χ3v) is 4.99. The van der Waals surface area contributed by atoms with Gasteiger partial charge in [-0.1, -0.05) is 17.7 Å². The second-order valence-corrected chi connectivity index (χ2v) is 9.71. The van der Waals surface area contributed by atoms with Crippen molar-refractivity contribution in [2.45, 2.75) is 12.8 Å². The van der Waals surface area contributed by atoms with Gasteiger partial charge in [-0.05, 0) is 54.6 Å². The maximum absolute atomic E-state index is 12.9. The fourth-order valence-corrected chi connectivity index (χ4v) is 3.22. The van der Waals surface area contributed by atoms with Gasteiger partial charge in [-0.25, -0.2) is 9.78 Å². The van der Waals surface area contributed by atoms with Crippen molar-refractivity contribution in [1.29, 1.82) is 0 Å². The summed E-state index contributed by atoms with van der Waals surface area (Å²) in [5.41, 5.74) is -0.00790. The monoisotopic (exact) mass is 584 g/mol. The lowest BCUT2D eigenvalue weighted by Crippen LogP contribution is -2.20. The van der Waals surface area contributed by atoms with Crippen LogP contribution in [0.4, 0.5) is 29.3 Å². The molecule has 15 heteroatoms. The Morgan fingerprint density at radius 2 is 1.74 bits per heavy atom. The van der Waals surface area contributed by atoms with E-state index >= 15 is 0 Å². The van der Waals surface area contributed by atoms with Crippen LogP contribution in [0.15, 0.2) is 77.7 Å². The fourth-order valence-electron chi connectivity index (χ4n) is 3.05. The molecule has 0 aliphatic carbocycles. The predicted molar refractivity (Wildman–Crippen MR) is 139 cm³/mol. The van der Waals surface area contributed by atoms with Crippen molar-refractivity contribution in [2.24, 2.45) is 0 Å². The van der Waals surface area contributed by atoms with Crippen molar-refractivity contribution in [1.82, 2.24) is 9.38 Å². The highest BCUT2D eigenvalue weighted by Crippen LogP contribution is 2.33. The average Bonchev–Trinajstić information content (AvgIpc) is 2.83. The summed E-state index contributed by atoms with van der Waals surface area (Å²) < 4.78 is 71.6. The van der Waals surface area contributed by atoms with Crippen LogP contribution >= 0.6 is 11.6 Å². The third-order valence-electron chi connectivity index (χ3n) is 4.66. The normalized spacial score (nSPS) is 11.3. The molecule has 0 bridgehead atoms. The molecule has 206 valence electrons. The van der Waals surface area contributed by atoms with E-state index in [0.717, 1.165) is 18.2 Å². The van der Waals surface area contributed by atoms with Gasteiger partial charge in [-0.3, -0.25) is 13.7 Å². The van der Waals surface area contributed by atoms with Gasteiger partial charge in [-0.2, -0.15) is 21.6 Å². The molecule has 0 unspecified atom stereocenters. The van der Waals surface area contributed by atoms with Crippen LogP contribution in [0.25, 0.3) is 5.65 Å². The van der Waals surface area contributed by atoms with Crippen molar-refractivity contribution in [3.8, 4) is 5.75 Å². The number of nitrogens with one attached hydrogen (secondary N) is 2. The van der Waals surface area contributed by atoms with E-state index < -0.39 is 27.9 Å². The Labute approximate surface area is 224 Å². The number of halogens is 4. The topological polar surface area (TPSA) is 139 Å². The fraction of sp³-hybridized carbons (Fsp3) is 0.125. The van der Waals surface area contributed by atoms with E-state index in [1.807, 2.05) is 0 Å². The summed E-state index contributed by atoms with van der Waals surface area (Å²) in [6, 6.07) is 14.7. The molecule has 0 saturated heterocycles. The molecule has 0 fully saturated rings. The Bertz CT molecular complexity index is 1640. The summed E-state index contributed by atoms with van der Waals surface area (Å²) in [6.45, 7) is 0.0575. The summed E-state index contributed by atoms with van der Waals surface area (Å²) in [7, 11) is -3.67. The summed E-state index contributed by atoms with van der Waals surface area (Å²) in [5, 5.41) is 4.77. The van der Waals surface area contributed by atoms with Crippen LogP contribution in [0.1, 0.15) is 11.3 Å². The van der Waals surface area contributed by atoms with Crippen molar-refractivity contribution in [3.63, 3.8) is 0 Å². The Morgan fingerprint density at radius 1 is 1.08 bits per heavy atom. The lowest BCUT2D eigenvalue weighted by Gasteiger charge is -2.13. The number of alkyl halides is 3. The first-order chi connectivity index (χ1) is 18.2. The van der Waals surface area contributed by atoms with Crippen LogP contribution < -0.4 is 20.9 Å². The van der Waals surface area contributed by atoms with E-state index in [0.29, 0.717) is 29.0 Å². The number of benzene rings is 2. The number of hydrogen-bond acceptors (Lipinski definition) is 6. The highest BCUT2D eigenvalue weighted by Gasteiger charge is 2.31. The van der Waals surface area contributed by atoms with Crippen molar-refractivity contribution >= 4 is 44.8 Å². The van der Waals surface area contributed by atoms with Gasteiger partial charge in [0.2, 0.25) is 0 Å². The van der Waals surface area contributed by atoms with Crippen LogP contribution in [0, 0.1) is 0 Å². The maximum Gasteiger partial charge on any atom is 0.416 e. The third kappa shape index (κ3) is 9.28. The number of amides is 2. The number of carbonyl (C=O) groups excluding carboxylic acids is 1. The van der Waals surface area contributed by atoms with Gasteiger partial charge in [0.1, 0.15) is 18.0 Å². The summed E-state index contributed by atoms with van der Waals surface area (Å²) in [4.78, 5) is 28.7. The molecule has 2 heterocycles. The van der Waals surface area contributed by atoms with Crippen molar-refractivity contribution < 1.29 is 35.7 Å². The quantitative estimate of drug-likeness (QED) is 0.278. The average molecular weight is 585 g/mol. The van der Waals surface area contributed by atoms with Crippen LogP contribution in [0.5, 0.6) is 5.75 Å². The second-order valence-electron chi connectivity index (χ2n) is 7.83. The minimum atomic E-state index is -4.57. The van der Waals surface area contributed by atoms with Gasteiger partial charge in [0.25, 0.3) is 15.7 Å². The van der Waals surface area contributed by atoms with Gasteiger partial charge >= 0.3 is 12.2 Å². The SMILES string of the molecule is CS(=O)(=O)O.O=C(Nc1ccc(OCc2cc(=O)n3ccccc3n2)cc1)Nc1cc(C(F)(F)F)ccc1Cl. The molecule has 4 rings (SSSR count). The van der Waals surface area contributed by atoms with Crippen LogP contribution in [-0.2, 0) is 22.9 Å². The molecule has 4 aromatic rings. The van der Waals surface area contributed by atoms with E-state index in [4.69, 9.17) is 20.9 Å². The van der Waals surface area contributed by atoms with Gasteiger partial charge in [0.05, 0.1) is 28.2 Å². The molecule has 0 radical (unpaired) electrons. The molecule has 0 spiro atoms. The predicted octanol–water partition coefficient (Wildman–Crippen LogP) is 5.09. The molecule has 10 nitrogen and oxygen atoms in total. The highest BCUT2D eigenvalue weighted by atomic mass is 35.5. The zero-order chi connectivity index (χ0) is 28.8. The van der Waals surface area contributed by atoms with E-state index in [-0.39, 0.29) is 22.9 Å². The number of anilines is 2. The Kier molecular flexibility index (Phi) is 9.16. The first kappa shape index (κ1) is 29.4. The number of carbonyl (C=O) groups is 1. The lowest BCUT2D eigenvalue weighted by atomic mass is 10.2. The molecular weight excluding hydrogens is 565 g/mol. The maximum atomic E-state index is 12.9. The van der Waals surface area contributed by atoms with Crippen LogP contribution in [-0.4, -0.2) is 34.6 Å². The smallest absolute Gasteiger partial charge is 0.416 e. The molecule has 2 amide bonds. The first-order valence-electron chi connectivity index (χ1n) is 10.8. The van der Waals surface area contributed by atoms with Gasteiger partial charge in [0, 0.05) is 18.0 Å². The number of urea groups is 1. The molecule has 2 aromatic heterocycles. The Balaban J connectivity index is 0.000000771. The highest BCUT2D eigenvalue weighted by molar-refractivity contribution is 7.85. The van der Waals surface area contributed by atoms with Gasteiger partial charge < -0.3 is 15.4 Å². The van der Waals surface area contributed by atoms with Gasteiger partial charge in [0.15, 0.2) is 0 Å². The lowest BCUT2D eigenvalue weighted by molar-refractivity contribution is -0.137. The van der Waals surface area contributed by atoms with Crippen LogP contribution in [0.2, 0.25) is 5.02 Å². The number of fused-ring (bicyclic) bond motifs is 1. The zero-order valence-corrected chi connectivity index (χ0v) is 21.5. The Morgan fingerprint density at radius 3 is 2.38 bits per heavy atom. The molecule has 0 aliphatic heterocycles. The summed E-state index contributed by atoms with van der Waals surface area (Å²) in [5.74, 6) is 0.460. The second kappa shape index (κ2) is 12.1. The molecule has 0 saturated carbocycles. The largest absolute Gasteiger partial charge is 0.487 e. The molecular formula is C24H20ClF3N4O6S. The number of rotatable bonds is 5. The molecule has 0 aliphatic rings. The number of ether oxygens (including phenoxy) is 1. The van der Waals surface area contributed by atoms with E-state index in [1.54, 1.807) is 48.7 Å². The molecule has 3 N–H and O–H groups in total. The van der Waals surface area contributed by atoms with E-state index in [1.165, 1.54) is 10.5 Å². The van der Waals surface area contributed by atoms with Crippen molar-refractivity contribution in [2.75, 3.05) is 16.9 Å². The Hall–Kier alpha value is -4.14. The van der Waals surface area contributed by atoms with Crippen LogP contribution in [0.3, 0.4) is 0 Å². The standard InChI is InChI=1S/C23H16ClF3N4O3.CH4O3S/c24-18-9-4-14(23(25,26)27)11-19(18)30-22(33)29-15-5-7-17(8-6-15)34-13-16-12-21(32)31-10-2-1-3-20(31)28-16;1-5(2,3)4/h1-12H,13H2,(H2,29,30,33);1H3,(H,2,3,4). The zero-order valence-electron chi connectivity index (χ0n) is 19.9. The van der Waals surface area contributed by atoms with E-state index in [2.05, 4.69) is 15.6 Å². The van der Waals surface area contributed by atoms with Crippen molar-refractivity contribution in [3.05, 3.63) is 99.6 Å². The minimum Gasteiger partial charge on any atom is -0.487 e. The van der Waals surface area contributed by atoms with Gasteiger partial charge in [-0.15, -0.1) is 0 Å². The summed E-state index contributed by atoms with van der Waals surface area (Å²) in [6.07, 6.45) is -2.23.